The molecule has 2 aromatic rings. The number of rotatable bonds is 7. The Hall–Kier alpha value is -1.41. The van der Waals surface area contributed by atoms with Gasteiger partial charge in [0, 0.05) is 5.56 Å². The minimum absolute atomic E-state index is 0.189. The van der Waals surface area contributed by atoms with E-state index in [2.05, 4.69) is 24.0 Å². The maximum Gasteiger partial charge on any atom is 0.222 e. The second kappa shape index (κ2) is 9.50. The molecule has 0 saturated heterocycles. The molecule has 1 aliphatic rings. The summed E-state index contributed by atoms with van der Waals surface area (Å²) in [6.45, 7) is 2.27. The van der Waals surface area contributed by atoms with E-state index in [4.69, 9.17) is 11.6 Å². The number of pyridine rings is 1. The zero-order valence-corrected chi connectivity index (χ0v) is 16.4. The second-order valence-electron chi connectivity index (χ2n) is 7.66. The molecule has 1 fully saturated rings. The van der Waals surface area contributed by atoms with Crippen molar-refractivity contribution in [1.82, 2.24) is 4.98 Å². The lowest BCUT2D eigenvalue weighted by Gasteiger charge is -2.29. The minimum Gasteiger partial charge on any atom is -0.207 e. The molecule has 1 nitrogen and oxygen atoms in total. The third-order valence-electron chi connectivity index (χ3n) is 5.82. The van der Waals surface area contributed by atoms with Gasteiger partial charge in [0.25, 0.3) is 0 Å². The van der Waals surface area contributed by atoms with E-state index in [1.54, 1.807) is 12.1 Å². The third-order valence-corrected chi connectivity index (χ3v) is 6.03. The van der Waals surface area contributed by atoms with Crippen molar-refractivity contribution in [1.29, 1.82) is 0 Å². The van der Waals surface area contributed by atoms with Crippen LogP contribution in [0.15, 0.2) is 36.4 Å². The smallest absolute Gasteiger partial charge is 0.207 e. The van der Waals surface area contributed by atoms with Crippen molar-refractivity contribution < 1.29 is 4.39 Å². The summed E-state index contributed by atoms with van der Waals surface area (Å²) in [7, 11) is 0. The maximum absolute atomic E-state index is 14.0. The number of hydrogen-bond donors (Lipinski definition) is 0. The van der Waals surface area contributed by atoms with Crippen molar-refractivity contribution in [3.05, 3.63) is 53.1 Å². The molecule has 26 heavy (non-hydrogen) atoms. The van der Waals surface area contributed by atoms with Gasteiger partial charge >= 0.3 is 0 Å². The lowest BCUT2D eigenvalue weighted by Crippen LogP contribution is -2.13. The topological polar surface area (TPSA) is 12.9 Å². The molecule has 1 aromatic carbocycles. The van der Waals surface area contributed by atoms with Crippen LogP contribution in [0.25, 0.3) is 11.1 Å². The first-order valence-corrected chi connectivity index (χ1v) is 10.5. The second-order valence-corrected chi connectivity index (χ2v) is 8.05. The highest BCUT2D eigenvalue weighted by Gasteiger charge is 2.22. The molecule has 1 heterocycles. The van der Waals surface area contributed by atoms with Crippen LogP contribution in [0.3, 0.4) is 0 Å². The van der Waals surface area contributed by atoms with E-state index in [1.165, 1.54) is 63.4 Å². The number of hydrogen-bond acceptors (Lipinski definition) is 1. The van der Waals surface area contributed by atoms with Gasteiger partial charge in [0.05, 0.1) is 0 Å². The van der Waals surface area contributed by atoms with Gasteiger partial charge in [-0.25, -0.2) is 4.98 Å². The normalized spacial score (nSPS) is 20.3. The molecule has 3 rings (SSSR count). The fourth-order valence-electron chi connectivity index (χ4n) is 4.21. The van der Waals surface area contributed by atoms with Crippen molar-refractivity contribution in [3.8, 4) is 11.1 Å². The predicted molar refractivity (Wildman–Crippen MR) is 108 cm³/mol. The van der Waals surface area contributed by atoms with Crippen LogP contribution >= 0.6 is 11.6 Å². The van der Waals surface area contributed by atoms with Crippen molar-refractivity contribution in [2.24, 2.45) is 5.92 Å². The largest absolute Gasteiger partial charge is 0.222 e. The summed E-state index contributed by atoms with van der Waals surface area (Å²) in [5.41, 5.74) is 2.76. The van der Waals surface area contributed by atoms with E-state index in [0.29, 0.717) is 11.5 Å². The first-order chi connectivity index (χ1) is 12.7. The monoisotopic (exact) mass is 373 g/mol. The molecule has 1 aliphatic carbocycles. The molecular weight excluding hydrogens is 345 g/mol. The van der Waals surface area contributed by atoms with E-state index < -0.39 is 5.95 Å². The Labute approximate surface area is 162 Å². The van der Waals surface area contributed by atoms with Crippen molar-refractivity contribution >= 4 is 11.6 Å². The number of nitrogens with zero attached hydrogens (tertiary/aromatic N) is 1. The lowest BCUT2D eigenvalue weighted by molar-refractivity contribution is 0.302. The van der Waals surface area contributed by atoms with Gasteiger partial charge < -0.3 is 0 Å². The van der Waals surface area contributed by atoms with Gasteiger partial charge in [0.2, 0.25) is 5.95 Å². The first-order valence-electron chi connectivity index (χ1n) is 10.1. The van der Waals surface area contributed by atoms with Crippen LogP contribution in [0.4, 0.5) is 4.39 Å². The van der Waals surface area contributed by atoms with Crippen molar-refractivity contribution in [3.63, 3.8) is 0 Å². The fraction of sp³-hybridized carbons (Fsp3) is 0.522. The first kappa shape index (κ1) is 19.4. The van der Waals surface area contributed by atoms with Gasteiger partial charge in [0.1, 0.15) is 5.15 Å². The summed E-state index contributed by atoms with van der Waals surface area (Å²) in [6, 6.07) is 11.7. The van der Waals surface area contributed by atoms with Gasteiger partial charge in [0.15, 0.2) is 0 Å². The molecule has 1 saturated carbocycles. The molecule has 0 radical (unpaired) electrons. The van der Waals surface area contributed by atoms with Crippen LogP contribution in [-0.4, -0.2) is 4.98 Å². The molecule has 0 bridgehead atoms. The molecule has 140 valence electrons. The molecule has 0 atom stereocenters. The summed E-state index contributed by atoms with van der Waals surface area (Å²) in [5, 5.41) is 0.189. The predicted octanol–water partition coefficient (Wildman–Crippen LogP) is 7.79. The Kier molecular flexibility index (Phi) is 7.07. The standard InChI is InChI=1S/C23H29ClFN/c1-2-3-4-5-6-17-7-9-18(10-8-17)19-11-13-20(14-12-19)21-15-16-22(24)26-23(21)25/h11-18H,2-10H2,1H3. The summed E-state index contributed by atoms with van der Waals surface area (Å²) in [6.07, 6.45) is 12.2. The third kappa shape index (κ3) is 5.07. The van der Waals surface area contributed by atoms with Gasteiger partial charge in [-0.2, -0.15) is 4.39 Å². The maximum atomic E-state index is 14.0. The van der Waals surface area contributed by atoms with E-state index in [0.717, 1.165) is 11.5 Å². The van der Waals surface area contributed by atoms with E-state index >= 15 is 0 Å². The SMILES string of the molecule is CCCCCCC1CCC(c2ccc(-c3ccc(Cl)nc3F)cc2)CC1. The Balaban J connectivity index is 1.55. The summed E-state index contributed by atoms with van der Waals surface area (Å²) in [5.74, 6) is 1.08. The summed E-state index contributed by atoms with van der Waals surface area (Å²) < 4.78 is 14.0. The molecule has 0 amide bonds. The lowest BCUT2D eigenvalue weighted by atomic mass is 9.77. The molecule has 0 aliphatic heterocycles. The molecular formula is C23H29ClFN. The van der Waals surface area contributed by atoms with Gasteiger partial charge in [-0.05, 0) is 60.8 Å². The molecule has 1 aromatic heterocycles. The van der Waals surface area contributed by atoms with Gasteiger partial charge in [-0.1, -0.05) is 74.9 Å². The minimum atomic E-state index is -0.506. The van der Waals surface area contributed by atoms with Crippen LogP contribution in [0.5, 0.6) is 0 Å². The fourth-order valence-corrected chi connectivity index (χ4v) is 4.34. The Bertz CT molecular complexity index is 690. The van der Waals surface area contributed by atoms with Crippen LogP contribution in [-0.2, 0) is 0 Å². The number of unbranched alkanes of at least 4 members (excludes halogenated alkanes) is 3. The number of benzene rings is 1. The average Bonchev–Trinajstić information content (AvgIpc) is 2.66. The molecule has 0 N–H and O–H groups in total. The Morgan fingerprint density at radius 1 is 0.962 bits per heavy atom. The van der Waals surface area contributed by atoms with Crippen LogP contribution in [0, 0.1) is 11.9 Å². The zero-order valence-electron chi connectivity index (χ0n) is 15.7. The van der Waals surface area contributed by atoms with Crippen LogP contribution in [0.1, 0.15) is 76.2 Å². The summed E-state index contributed by atoms with van der Waals surface area (Å²) >= 11 is 5.74. The highest BCUT2D eigenvalue weighted by Crippen LogP contribution is 2.38. The highest BCUT2D eigenvalue weighted by molar-refractivity contribution is 6.29. The highest BCUT2D eigenvalue weighted by atomic mass is 35.5. The Morgan fingerprint density at radius 2 is 1.69 bits per heavy atom. The molecule has 0 spiro atoms. The number of halogens is 2. The number of aromatic nitrogens is 1. The quantitative estimate of drug-likeness (QED) is 0.356. The van der Waals surface area contributed by atoms with Crippen molar-refractivity contribution in [2.45, 2.75) is 70.6 Å². The van der Waals surface area contributed by atoms with Crippen LogP contribution in [0.2, 0.25) is 5.15 Å². The zero-order chi connectivity index (χ0) is 18.4. The summed E-state index contributed by atoms with van der Waals surface area (Å²) in [4.78, 5) is 3.71. The van der Waals surface area contributed by atoms with E-state index in [9.17, 15) is 4.39 Å². The molecule has 0 unspecified atom stereocenters. The van der Waals surface area contributed by atoms with E-state index in [-0.39, 0.29) is 5.15 Å². The van der Waals surface area contributed by atoms with Crippen molar-refractivity contribution in [2.75, 3.05) is 0 Å². The molecule has 3 heteroatoms. The van der Waals surface area contributed by atoms with Gasteiger partial charge in [-0.3, -0.25) is 0 Å². The average molecular weight is 374 g/mol. The van der Waals surface area contributed by atoms with Crippen LogP contribution < -0.4 is 0 Å². The Morgan fingerprint density at radius 3 is 2.35 bits per heavy atom. The van der Waals surface area contributed by atoms with E-state index in [1.807, 2.05) is 12.1 Å². The van der Waals surface area contributed by atoms with Gasteiger partial charge in [-0.15, -0.1) is 0 Å².